The van der Waals surface area contributed by atoms with E-state index >= 15 is 0 Å². The number of ether oxygens (including phenoxy) is 2. The molecule has 1 atom stereocenters. The molecule has 134 valence electrons. The molecule has 1 aromatic heterocycles. The van der Waals surface area contributed by atoms with Crippen molar-refractivity contribution in [3.05, 3.63) is 76.1 Å². The lowest BCUT2D eigenvalue weighted by Crippen LogP contribution is -2.53. The van der Waals surface area contributed by atoms with Crippen molar-refractivity contribution in [2.75, 3.05) is 7.11 Å². The fourth-order valence-electron chi connectivity index (χ4n) is 2.75. The molecular weight excluding hydrogens is 354 g/mol. The number of nitrogens with zero attached hydrogens (tertiary/aromatic N) is 1. The predicted octanol–water partition coefficient (Wildman–Crippen LogP) is 2.71. The highest BCUT2D eigenvalue weighted by molar-refractivity contribution is 8.02. The molecule has 0 aliphatic carbocycles. The molecule has 0 radical (unpaired) electrons. The number of rotatable bonds is 5. The highest BCUT2D eigenvalue weighted by atomic mass is 32.2. The number of carbonyl (C=O) groups excluding carboxylic acids is 2. The van der Waals surface area contributed by atoms with E-state index in [9.17, 15) is 14.4 Å². The van der Waals surface area contributed by atoms with Crippen molar-refractivity contribution < 1.29 is 19.1 Å². The van der Waals surface area contributed by atoms with Gasteiger partial charge in [0.25, 0.3) is 5.56 Å². The third kappa shape index (κ3) is 2.74. The van der Waals surface area contributed by atoms with Gasteiger partial charge in [-0.25, -0.2) is 9.59 Å². The van der Waals surface area contributed by atoms with E-state index in [4.69, 9.17) is 9.47 Å². The molecule has 6 nitrogen and oxygen atoms in total. The number of hydrogen-bond donors (Lipinski definition) is 0. The largest absolute Gasteiger partial charge is 0.466 e. The van der Waals surface area contributed by atoms with Gasteiger partial charge in [0, 0.05) is 6.07 Å². The standard InChI is InChI=1S/C19H17NO5S/c1-12(2)19(18(23)24-3)20-15(21)10-9-14(16(20)26-19)17(22)25-11-13-7-5-4-6-8-13/h4-10H,1,11H2,2-3H3. The molecule has 3 rings (SSSR count). The molecule has 0 spiro atoms. The normalized spacial score (nSPS) is 17.6. The zero-order chi connectivity index (χ0) is 18.9. The highest BCUT2D eigenvalue weighted by Gasteiger charge is 2.54. The molecule has 1 aliphatic heterocycles. The third-order valence-electron chi connectivity index (χ3n) is 4.08. The molecule has 1 unspecified atom stereocenters. The number of fused-ring (bicyclic) bond motifs is 1. The first-order chi connectivity index (χ1) is 12.4. The van der Waals surface area contributed by atoms with E-state index in [2.05, 4.69) is 6.58 Å². The smallest absolute Gasteiger partial charge is 0.347 e. The molecule has 0 saturated carbocycles. The Labute approximate surface area is 154 Å². The zero-order valence-electron chi connectivity index (χ0n) is 14.4. The van der Waals surface area contributed by atoms with E-state index in [0.29, 0.717) is 10.6 Å². The first kappa shape index (κ1) is 18.0. The van der Waals surface area contributed by atoms with Gasteiger partial charge in [-0.1, -0.05) is 48.7 Å². The van der Waals surface area contributed by atoms with E-state index in [-0.39, 0.29) is 12.2 Å². The molecule has 0 bridgehead atoms. The molecule has 0 amide bonds. The summed E-state index contributed by atoms with van der Waals surface area (Å²) in [4.78, 5) is 35.7. The number of pyridine rings is 1. The Bertz CT molecular complexity index is 950. The van der Waals surface area contributed by atoms with E-state index in [1.165, 1.54) is 23.8 Å². The van der Waals surface area contributed by atoms with Crippen molar-refractivity contribution in [3.8, 4) is 0 Å². The molecule has 0 fully saturated rings. The van der Waals surface area contributed by atoms with E-state index in [0.717, 1.165) is 17.3 Å². The van der Waals surface area contributed by atoms with Crippen LogP contribution in [-0.4, -0.2) is 23.6 Å². The van der Waals surface area contributed by atoms with Crippen LogP contribution in [0.3, 0.4) is 0 Å². The Hall–Kier alpha value is -2.80. The van der Waals surface area contributed by atoms with Crippen molar-refractivity contribution in [3.63, 3.8) is 0 Å². The Morgan fingerprint density at radius 3 is 2.50 bits per heavy atom. The van der Waals surface area contributed by atoms with Gasteiger partial charge >= 0.3 is 11.9 Å². The minimum atomic E-state index is -1.35. The number of thioether (sulfide) groups is 1. The van der Waals surface area contributed by atoms with Gasteiger partial charge in [-0.15, -0.1) is 0 Å². The van der Waals surface area contributed by atoms with Gasteiger partial charge < -0.3 is 9.47 Å². The van der Waals surface area contributed by atoms with Gasteiger partial charge in [-0.05, 0) is 24.1 Å². The van der Waals surface area contributed by atoms with Gasteiger partial charge in [-0.2, -0.15) is 0 Å². The van der Waals surface area contributed by atoms with Gasteiger partial charge in [0.2, 0.25) is 4.87 Å². The summed E-state index contributed by atoms with van der Waals surface area (Å²) < 4.78 is 11.4. The van der Waals surface area contributed by atoms with Crippen molar-refractivity contribution in [1.82, 2.24) is 4.57 Å². The molecule has 2 aromatic rings. The number of methoxy groups -OCH3 is 1. The van der Waals surface area contributed by atoms with Gasteiger partial charge in [0.15, 0.2) is 0 Å². The molecule has 1 aliphatic rings. The molecule has 0 saturated heterocycles. The Balaban J connectivity index is 1.93. The summed E-state index contributed by atoms with van der Waals surface area (Å²) in [6.45, 7) is 5.57. The van der Waals surface area contributed by atoms with Crippen LogP contribution < -0.4 is 5.56 Å². The van der Waals surface area contributed by atoms with Crippen LogP contribution in [0.25, 0.3) is 0 Å². The van der Waals surface area contributed by atoms with E-state index < -0.39 is 22.4 Å². The Morgan fingerprint density at radius 1 is 1.19 bits per heavy atom. The van der Waals surface area contributed by atoms with Crippen LogP contribution in [-0.2, 0) is 25.7 Å². The summed E-state index contributed by atoms with van der Waals surface area (Å²) in [5, 5.41) is 0.365. The van der Waals surface area contributed by atoms with Crippen LogP contribution in [0.1, 0.15) is 22.8 Å². The third-order valence-corrected chi connectivity index (χ3v) is 5.67. The number of benzene rings is 1. The van der Waals surface area contributed by atoms with Gasteiger partial charge in [-0.3, -0.25) is 9.36 Å². The Kier molecular flexibility index (Phi) is 4.73. The SMILES string of the molecule is C=C(C)C1(C(=O)OC)Sc2c(C(=O)OCc3ccccc3)ccc(=O)n21. The van der Waals surface area contributed by atoms with Crippen LogP contribution in [0.5, 0.6) is 0 Å². The lowest BCUT2D eigenvalue weighted by Gasteiger charge is -2.42. The monoisotopic (exact) mass is 371 g/mol. The lowest BCUT2D eigenvalue weighted by atomic mass is 10.1. The first-order valence-electron chi connectivity index (χ1n) is 7.83. The topological polar surface area (TPSA) is 74.6 Å². The summed E-state index contributed by atoms with van der Waals surface area (Å²) >= 11 is 1.07. The number of esters is 2. The highest BCUT2D eigenvalue weighted by Crippen LogP contribution is 2.53. The van der Waals surface area contributed by atoms with Crippen molar-refractivity contribution in [1.29, 1.82) is 0 Å². The number of carbonyl (C=O) groups is 2. The number of aromatic nitrogens is 1. The second-order valence-electron chi connectivity index (χ2n) is 5.81. The molecule has 0 N–H and O–H groups in total. The summed E-state index contributed by atoms with van der Waals surface area (Å²) in [7, 11) is 1.24. The van der Waals surface area contributed by atoms with Gasteiger partial charge in [0.1, 0.15) is 6.61 Å². The van der Waals surface area contributed by atoms with Crippen LogP contribution in [0, 0.1) is 0 Å². The maximum Gasteiger partial charge on any atom is 0.347 e. The minimum Gasteiger partial charge on any atom is -0.466 e. The summed E-state index contributed by atoms with van der Waals surface area (Å²) in [5.41, 5.74) is 1.11. The van der Waals surface area contributed by atoms with Crippen LogP contribution in [0.2, 0.25) is 0 Å². The van der Waals surface area contributed by atoms with Crippen molar-refractivity contribution in [2.45, 2.75) is 23.4 Å². The average molecular weight is 371 g/mol. The van der Waals surface area contributed by atoms with Crippen LogP contribution in [0.15, 0.2) is 64.4 Å². The lowest BCUT2D eigenvalue weighted by molar-refractivity contribution is -0.145. The first-order valence-corrected chi connectivity index (χ1v) is 8.64. The van der Waals surface area contributed by atoms with Crippen molar-refractivity contribution >= 4 is 23.7 Å². The maximum absolute atomic E-state index is 12.5. The predicted molar refractivity (Wildman–Crippen MR) is 96.9 cm³/mol. The number of hydrogen-bond acceptors (Lipinski definition) is 6. The quantitative estimate of drug-likeness (QED) is 0.594. The van der Waals surface area contributed by atoms with Crippen LogP contribution >= 0.6 is 11.8 Å². The van der Waals surface area contributed by atoms with E-state index in [1.807, 2.05) is 30.3 Å². The van der Waals surface area contributed by atoms with E-state index in [1.54, 1.807) is 6.92 Å². The molecular formula is C19H17NO5S. The summed E-state index contributed by atoms with van der Waals surface area (Å²) in [6.07, 6.45) is 0. The molecule has 1 aromatic carbocycles. The fraction of sp³-hybridized carbons (Fsp3) is 0.211. The maximum atomic E-state index is 12.5. The molecule has 7 heteroatoms. The van der Waals surface area contributed by atoms with Crippen molar-refractivity contribution in [2.24, 2.45) is 0 Å². The summed E-state index contributed by atoms with van der Waals surface area (Å²) in [5.74, 6) is -1.18. The zero-order valence-corrected chi connectivity index (χ0v) is 15.2. The molecule has 2 heterocycles. The van der Waals surface area contributed by atoms with Crippen LogP contribution in [0.4, 0.5) is 0 Å². The molecule has 26 heavy (non-hydrogen) atoms. The summed E-state index contributed by atoms with van der Waals surface area (Å²) in [6, 6.07) is 11.9. The van der Waals surface area contributed by atoms with Gasteiger partial charge in [0.05, 0.1) is 17.7 Å². The second-order valence-corrected chi connectivity index (χ2v) is 6.99. The average Bonchev–Trinajstić information content (AvgIpc) is 2.61. The Morgan fingerprint density at radius 2 is 1.88 bits per heavy atom. The minimum absolute atomic E-state index is 0.117. The second kappa shape index (κ2) is 6.84. The fourth-order valence-corrected chi connectivity index (χ4v) is 4.09.